The van der Waals surface area contributed by atoms with E-state index in [9.17, 15) is 4.79 Å². The molecule has 0 aliphatic carbocycles. The molecule has 23 heavy (non-hydrogen) atoms. The van der Waals surface area contributed by atoms with Crippen LogP contribution in [0.1, 0.15) is 46.1 Å². The molecule has 0 saturated carbocycles. The monoisotopic (exact) mass is 317 g/mol. The van der Waals surface area contributed by atoms with E-state index in [-0.39, 0.29) is 11.4 Å². The van der Waals surface area contributed by atoms with Crippen LogP contribution in [0.25, 0.3) is 0 Å². The van der Waals surface area contributed by atoms with Gasteiger partial charge in [0.25, 0.3) is 0 Å². The van der Waals surface area contributed by atoms with Crippen molar-refractivity contribution in [2.45, 2.75) is 46.0 Å². The maximum atomic E-state index is 12.6. The van der Waals surface area contributed by atoms with Crippen LogP contribution in [0.4, 0.5) is 10.5 Å². The summed E-state index contributed by atoms with van der Waals surface area (Å²) in [7, 11) is 0. The van der Waals surface area contributed by atoms with E-state index in [1.54, 1.807) is 0 Å². The van der Waals surface area contributed by atoms with Crippen LogP contribution in [0.3, 0.4) is 0 Å². The normalized spacial score (nSPS) is 16.4. The van der Waals surface area contributed by atoms with Crippen LogP contribution in [0.15, 0.2) is 24.3 Å². The molecule has 1 fully saturated rings. The van der Waals surface area contributed by atoms with E-state index in [1.165, 1.54) is 18.4 Å². The number of nitrogens with one attached hydrogen (secondary N) is 1. The molecule has 1 aliphatic rings. The van der Waals surface area contributed by atoms with Gasteiger partial charge in [-0.15, -0.1) is 0 Å². The number of urea groups is 1. The van der Waals surface area contributed by atoms with Gasteiger partial charge < -0.3 is 10.2 Å². The quantitative estimate of drug-likeness (QED) is 0.913. The fraction of sp³-hybridized carbons (Fsp3) is 0.632. The molecule has 1 N–H and O–H groups in total. The summed E-state index contributed by atoms with van der Waals surface area (Å²) in [6, 6.07) is 8.13. The van der Waals surface area contributed by atoms with E-state index in [2.05, 4.69) is 44.0 Å². The third-order valence-electron chi connectivity index (χ3n) is 4.46. The van der Waals surface area contributed by atoms with Crippen LogP contribution in [0, 0.1) is 0 Å². The first kappa shape index (κ1) is 17.8. The van der Waals surface area contributed by atoms with E-state index >= 15 is 0 Å². The molecule has 1 aliphatic heterocycles. The van der Waals surface area contributed by atoms with Crippen LogP contribution in [0.5, 0.6) is 0 Å². The third kappa shape index (κ3) is 4.96. The average molecular weight is 317 g/mol. The van der Waals surface area contributed by atoms with Gasteiger partial charge in [0.2, 0.25) is 0 Å². The van der Waals surface area contributed by atoms with Crippen molar-refractivity contribution in [2.24, 2.45) is 0 Å². The molecular formula is C19H31N3O. The van der Waals surface area contributed by atoms with Crippen LogP contribution < -0.4 is 5.32 Å². The van der Waals surface area contributed by atoms with Crippen LogP contribution >= 0.6 is 0 Å². The van der Waals surface area contributed by atoms with Crippen molar-refractivity contribution in [3.63, 3.8) is 0 Å². The molecule has 4 heteroatoms. The summed E-state index contributed by atoms with van der Waals surface area (Å²) in [5.74, 6) is 0. The van der Waals surface area contributed by atoms with Crippen molar-refractivity contribution < 1.29 is 4.79 Å². The van der Waals surface area contributed by atoms with Gasteiger partial charge in [0.05, 0.1) is 0 Å². The summed E-state index contributed by atoms with van der Waals surface area (Å²) in [6.45, 7) is 13.5. The van der Waals surface area contributed by atoms with Gasteiger partial charge in [0, 0.05) is 31.9 Å². The second-order valence-corrected chi connectivity index (χ2v) is 7.41. The molecule has 1 aromatic rings. The fourth-order valence-corrected chi connectivity index (χ4v) is 3.00. The van der Waals surface area contributed by atoms with Gasteiger partial charge >= 0.3 is 6.03 Å². The molecule has 2 rings (SSSR count). The van der Waals surface area contributed by atoms with Gasteiger partial charge in [-0.05, 0) is 30.0 Å². The summed E-state index contributed by atoms with van der Waals surface area (Å²) < 4.78 is 0. The molecule has 128 valence electrons. The fourth-order valence-electron chi connectivity index (χ4n) is 3.00. The van der Waals surface area contributed by atoms with Crippen LogP contribution in [-0.4, -0.2) is 48.6 Å². The number of carbonyl (C=O) groups excluding carboxylic acids is 1. The van der Waals surface area contributed by atoms with E-state index in [4.69, 9.17) is 0 Å². The first-order valence-corrected chi connectivity index (χ1v) is 8.79. The number of hydrogen-bond acceptors (Lipinski definition) is 2. The highest BCUT2D eigenvalue weighted by atomic mass is 16.2. The van der Waals surface area contributed by atoms with E-state index in [0.717, 1.165) is 38.4 Å². The minimum Gasteiger partial charge on any atom is -0.322 e. The van der Waals surface area contributed by atoms with Crippen molar-refractivity contribution in [2.75, 3.05) is 38.0 Å². The van der Waals surface area contributed by atoms with Crippen molar-refractivity contribution >= 4 is 11.7 Å². The Kier molecular flexibility index (Phi) is 6.05. The lowest BCUT2D eigenvalue weighted by Gasteiger charge is -2.35. The highest BCUT2D eigenvalue weighted by molar-refractivity contribution is 5.90. The average Bonchev–Trinajstić information content (AvgIpc) is 2.53. The molecule has 1 saturated heterocycles. The van der Waals surface area contributed by atoms with Gasteiger partial charge in [0.15, 0.2) is 0 Å². The number of anilines is 1. The van der Waals surface area contributed by atoms with Crippen LogP contribution in [-0.2, 0) is 5.41 Å². The van der Waals surface area contributed by atoms with Crippen molar-refractivity contribution in [3.05, 3.63) is 29.8 Å². The molecule has 0 radical (unpaired) electrons. The summed E-state index contributed by atoms with van der Waals surface area (Å²) >= 11 is 0. The summed E-state index contributed by atoms with van der Waals surface area (Å²) in [4.78, 5) is 17.0. The molecule has 0 bridgehead atoms. The van der Waals surface area contributed by atoms with E-state index in [1.807, 2.05) is 23.1 Å². The second kappa shape index (κ2) is 7.82. The first-order chi connectivity index (χ1) is 10.9. The van der Waals surface area contributed by atoms with Gasteiger partial charge in [-0.25, -0.2) is 4.79 Å². The highest BCUT2D eigenvalue weighted by Gasteiger charge is 2.23. The largest absolute Gasteiger partial charge is 0.322 e. The van der Waals surface area contributed by atoms with Crippen molar-refractivity contribution in [1.29, 1.82) is 0 Å². The number of para-hydroxylation sites is 1. The standard InChI is InChI=1S/C19H31N3O/c1-5-6-11-21-12-14-22(15-13-21)18(23)20-17-10-8-7-9-16(17)19(2,3)4/h7-10H,5-6,11-15H2,1-4H3,(H,20,23). The number of carbonyl (C=O) groups is 1. The topological polar surface area (TPSA) is 35.6 Å². The Morgan fingerprint density at radius 2 is 1.78 bits per heavy atom. The molecule has 0 unspecified atom stereocenters. The number of nitrogens with zero attached hydrogens (tertiary/aromatic N) is 2. The molecular weight excluding hydrogens is 286 g/mol. The lowest BCUT2D eigenvalue weighted by molar-refractivity contribution is 0.146. The zero-order valence-corrected chi connectivity index (χ0v) is 15.1. The maximum absolute atomic E-state index is 12.6. The van der Waals surface area contributed by atoms with Crippen molar-refractivity contribution in [3.8, 4) is 0 Å². The molecule has 2 amide bonds. The Labute approximate surface area is 140 Å². The summed E-state index contributed by atoms with van der Waals surface area (Å²) in [6.07, 6.45) is 2.47. The number of amides is 2. The molecule has 0 aromatic heterocycles. The third-order valence-corrected chi connectivity index (χ3v) is 4.46. The number of piperazine rings is 1. The lowest BCUT2D eigenvalue weighted by Crippen LogP contribution is -2.50. The number of hydrogen-bond donors (Lipinski definition) is 1. The van der Waals surface area contributed by atoms with E-state index < -0.39 is 0 Å². The first-order valence-electron chi connectivity index (χ1n) is 8.79. The molecule has 1 heterocycles. The van der Waals surface area contributed by atoms with Gasteiger partial charge in [0.1, 0.15) is 0 Å². The maximum Gasteiger partial charge on any atom is 0.321 e. The highest BCUT2D eigenvalue weighted by Crippen LogP contribution is 2.29. The lowest BCUT2D eigenvalue weighted by atomic mass is 9.86. The Morgan fingerprint density at radius 1 is 1.13 bits per heavy atom. The molecule has 1 aromatic carbocycles. The predicted octanol–water partition coefficient (Wildman–Crippen LogP) is 3.93. The zero-order chi connectivity index (χ0) is 16.9. The Hall–Kier alpha value is -1.55. The van der Waals surface area contributed by atoms with Gasteiger partial charge in [-0.2, -0.15) is 0 Å². The second-order valence-electron chi connectivity index (χ2n) is 7.41. The molecule has 0 spiro atoms. The smallest absolute Gasteiger partial charge is 0.321 e. The number of unbranched alkanes of at least 4 members (excludes halogenated alkanes) is 1. The van der Waals surface area contributed by atoms with Crippen LogP contribution in [0.2, 0.25) is 0 Å². The minimum absolute atomic E-state index is 0.0166. The van der Waals surface area contributed by atoms with Gasteiger partial charge in [-0.1, -0.05) is 52.3 Å². The molecule has 4 nitrogen and oxygen atoms in total. The predicted molar refractivity (Wildman–Crippen MR) is 97.1 cm³/mol. The summed E-state index contributed by atoms with van der Waals surface area (Å²) in [5.41, 5.74) is 2.12. The molecule has 0 atom stereocenters. The van der Waals surface area contributed by atoms with E-state index in [0.29, 0.717) is 0 Å². The number of rotatable bonds is 4. The summed E-state index contributed by atoms with van der Waals surface area (Å²) in [5, 5.41) is 3.11. The SMILES string of the molecule is CCCCN1CCN(C(=O)Nc2ccccc2C(C)(C)C)CC1. The van der Waals surface area contributed by atoms with Crippen molar-refractivity contribution in [1.82, 2.24) is 9.80 Å². The van der Waals surface area contributed by atoms with Gasteiger partial charge in [-0.3, -0.25) is 4.90 Å². The minimum atomic E-state index is 0.0166. The Morgan fingerprint density at radius 3 is 2.39 bits per heavy atom. The Balaban J connectivity index is 1.94. The number of benzene rings is 1. The zero-order valence-electron chi connectivity index (χ0n) is 15.1. The Bertz CT molecular complexity index is 514.